The monoisotopic (exact) mass is 485 g/mol. The summed E-state index contributed by atoms with van der Waals surface area (Å²) in [6.45, 7) is 3.03. The molecule has 35 heavy (non-hydrogen) atoms. The molecule has 0 saturated carbocycles. The molecule has 9 heteroatoms. The number of nitrogens with zero attached hydrogens (tertiary/aromatic N) is 1. The summed E-state index contributed by atoms with van der Waals surface area (Å²) >= 11 is 0. The lowest BCUT2D eigenvalue weighted by atomic mass is 9.87. The summed E-state index contributed by atoms with van der Waals surface area (Å²) in [5.74, 6) is -4.85. The topological polar surface area (TPSA) is 99.8 Å². The van der Waals surface area contributed by atoms with Crippen molar-refractivity contribution in [1.29, 1.82) is 0 Å². The van der Waals surface area contributed by atoms with Crippen LogP contribution in [0, 0.1) is 22.8 Å². The summed E-state index contributed by atoms with van der Waals surface area (Å²) in [4.78, 5) is 25.5. The fourth-order valence-corrected chi connectivity index (χ4v) is 3.89. The first-order valence-corrected chi connectivity index (χ1v) is 10.9. The van der Waals surface area contributed by atoms with E-state index in [0.29, 0.717) is 11.1 Å². The van der Waals surface area contributed by atoms with Crippen molar-refractivity contribution >= 4 is 11.8 Å². The number of benzene rings is 2. The van der Waals surface area contributed by atoms with Gasteiger partial charge >= 0.3 is 11.7 Å². The lowest BCUT2D eigenvalue weighted by molar-refractivity contribution is -0.608. The third-order valence-electron chi connectivity index (χ3n) is 5.60. The van der Waals surface area contributed by atoms with Crippen LogP contribution in [-0.2, 0) is 9.53 Å². The van der Waals surface area contributed by atoms with Gasteiger partial charge in [0.25, 0.3) is 0 Å². The normalized spacial score (nSPS) is 12.7. The van der Waals surface area contributed by atoms with Crippen molar-refractivity contribution in [3.05, 3.63) is 94.5 Å². The van der Waals surface area contributed by atoms with Crippen molar-refractivity contribution in [2.45, 2.75) is 32.3 Å². The minimum Gasteiger partial charge on any atom is -0.618 e. The second-order valence-corrected chi connectivity index (χ2v) is 8.17. The molecule has 1 heterocycles. The van der Waals surface area contributed by atoms with Crippen molar-refractivity contribution in [2.75, 3.05) is 7.11 Å². The molecule has 0 bridgehead atoms. The summed E-state index contributed by atoms with van der Waals surface area (Å²) < 4.78 is 38.6. The zero-order chi connectivity index (χ0) is 25.7. The first-order chi connectivity index (χ1) is 16.6. The summed E-state index contributed by atoms with van der Waals surface area (Å²) in [6.07, 6.45) is -0.253. The lowest BCUT2D eigenvalue weighted by Crippen LogP contribution is -2.35. The zero-order valence-electron chi connectivity index (χ0n) is 19.4. The molecule has 1 aromatic heterocycles. The number of carbonyl (C=O) groups excluding carboxylic acids is 2. The van der Waals surface area contributed by atoms with E-state index in [0.717, 1.165) is 6.20 Å². The Morgan fingerprint density at radius 3 is 2.11 bits per heavy atom. The number of ketones is 1. The van der Waals surface area contributed by atoms with Crippen LogP contribution in [0.25, 0.3) is 0 Å². The summed E-state index contributed by atoms with van der Waals surface area (Å²) in [7, 11) is 1.27. The number of aromatic nitrogens is 1. The van der Waals surface area contributed by atoms with Gasteiger partial charge in [-0.3, -0.25) is 9.59 Å². The highest BCUT2D eigenvalue weighted by molar-refractivity contribution is 5.98. The van der Waals surface area contributed by atoms with Crippen LogP contribution < -0.4 is 9.47 Å². The third kappa shape index (κ3) is 5.92. The SMILES string of the molecule is COc1cc[n+]([O-])c(C(=O)C[C@@H](C)C(=O)O[C@@H](C)C(c2cccc(F)c2)c2cccc(F)c2)c1O. The van der Waals surface area contributed by atoms with E-state index in [9.17, 15) is 28.7 Å². The Morgan fingerprint density at radius 2 is 1.60 bits per heavy atom. The summed E-state index contributed by atoms with van der Waals surface area (Å²) in [5.41, 5.74) is 0.413. The van der Waals surface area contributed by atoms with Gasteiger partial charge in [0, 0.05) is 18.4 Å². The van der Waals surface area contributed by atoms with E-state index in [-0.39, 0.29) is 10.5 Å². The number of hydrogen-bond donors (Lipinski definition) is 1. The highest BCUT2D eigenvalue weighted by Crippen LogP contribution is 2.32. The molecule has 0 spiro atoms. The van der Waals surface area contributed by atoms with E-state index in [1.165, 1.54) is 56.5 Å². The van der Waals surface area contributed by atoms with E-state index in [2.05, 4.69) is 0 Å². The van der Waals surface area contributed by atoms with Crippen molar-refractivity contribution in [3.63, 3.8) is 0 Å². The molecule has 0 unspecified atom stereocenters. The number of carbonyl (C=O) groups is 2. The Bertz CT molecular complexity index is 1190. The number of ether oxygens (including phenoxy) is 2. The van der Waals surface area contributed by atoms with Crippen LogP contribution in [0.3, 0.4) is 0 Å². The quantitative estimate of drug-likeness (QED) is 0.210. The molecule has 2 aromatic carbocycles. The fourth-order valence-electron chi connectivity index (χ4n) is 3.89. The average molecular weight is 485 g/mol. The minimum absolute atomic E-state index is 0.0580. The van der Waals surface area contributed by atoms with Gasteiger partial charge in [-0.2, -0.15) is 4.73 Å². The van der Waals surface area contributed by atoms with E-state index in [4.69, 9.17) is 9.47 Å². The molecule has 0 aliphatic rings. The molecule has 0 saturated heterocycles. The van der Waals surface area contributed by atoms with E-state index in [1.54, 1.807) is 19.1 Å². The molecule has 0 aliphatic carbocycles. The van der Waals surface area contributed by atoms with Crippen molar-refractivity contribution in [2.24, 2.45) is 5.92 Å². The number of aromatic hydroxyl groups is 1. The van der Waals surface area contributed by atoms with Crippen LogP contribution in [0.2, 0.25) is 0 Å². The van der Waals surface area contributed by atoms with Gasteiger partial charge in [-0.15, -0.1) is 0 Å². The van der Waals surface area contributed by atoms with Crippen molar-refractivity contribution < 1.29 is 37.7 Å². The van der Waals surface area contributed by atoms with Gasteiger partial charge < -0.3 is 19.8 Å². The van der Waals surface area contributed by atoms with Crippen LogP contribution in [0.4, 0.5) is 8.78 Å². The molecular formula is C26H25F2NO6. The van der Waals surface area contributed by atoms with Crippen LogP contribution in [-0.4, -0.2) is 30.1 Å². The first kappa shape index (κ1) is 25.6. The summed E-state index contributed by atoms with van der Waals surface area (Å²) in [5, 5.41) is 22.2. The largest absolute Gasteiger partial charge is 0.618 e. The summed E-state index contributed by atoms with van der Waals surface area (Å²) in [6, 6.07) is 12.6. The lowest BCUT2D eigenvalue weighted by Gasteiger charge is -2.26. The molecule has 0 radical (unpaired) electrons. The first-order valence-electron chi connectivity index (χ1n) is 10.9. The third-order valence-corrected chi connectivity index (χ3v) is 5.60. The molecule has 184 valence electrons. The Hall–Kier alpha value is -4.01. The number of methoxy groups -OCH3 is 1. The molecule has 0 fully saturated rings. The number of rotatable bonds is 9. The molecule has 3 rings (SSSR count). The molecule has 2 atom stereocenters. The molecule has 1 N–H and O–H groups in total. The molecule has 0 aliphatic heterocycles. The Labute approximate surface area is 201 Å². The van der Waals surface area contributed by atoms with E-state index < -0.39 is 59.2 Å². The van der Waals surface area contributed by atoms with Crippen LogP contribution in [0.5, 0.6) is 11.5 Å². The number of pyridine rings is 1. The molecule has 0 amide bonds. The maximum atomic E-state index is 13.9. The zero-order valence-corrected chi connectivity index (χ0v) is 19.4. The molecular weight excluding hydrogens is 460 g/mol. The Balaban J connectivity index is 1.80. The minimum atomic E-state index is -0.976. The number of esters is 1. The fraction of sp³-hybridized carbons (Fsp3) is 0.269. The van der Waals surface area contributed by atoms with Crippen LogP contribution in [0.15, 0.2) is 60.8 Å². The Morgan fingerprint density at radius 1 is 1.03 bits per heavy atom. The van der Waals surface area contributed by atoms with Gasteiger partial charge in [-0.25, -0.2) is 8.78 Å². The van der Waals surface area contributed by atoms with Gasteiger partial charge in [0.05, 0.1) is 13.0 Å². The van der Waals surface area contributed by atoms with Gasteiger partial charge in [0.1, 0.15) is 17.7 Å². The standard InChI is InChI=1S/C26H25F2NO6/c1-15(12-21(30)24-25(31)22(34-3)10-11-29(24)33)26(32)35-16(2)23(17-6-4-8-19(27)13-17)18-7-5-9-20(28)14-18/h4-11,13-16,23,31H,12H2,1-3H3/t15-,16+/m1/s1. The van der Waals surface area contributed by atoms with E-state index >= 15 is 0 Å². The molecule has 3 aromatic rings. The van der Waals surface area contributed by atoms with Gasteiger partial charge in [-0.1, -0.05) is 31.2 Å². The number of Topliss-reactive ketones (excluding diaryl/α,β-unsaturated/α-hetero) is 1. The maximum absolute atomic E-state index is 13.9. The van der Waals surface area contributed by atoms with Gasteiger partial charge in [0.2, 0.25) is 11.5 Å². The van der Waals surface area contributed by atoms with Crippen molar-refractivity contribution in [3.8, 4) is 11.5 Å². The van der Waals surface area contributed by atoms with Gasteiger partial charge in [-0.05, 0) is 42.3 Å². The van der Waals surface area contributed by atoms with Crippen LogP contribution >= 0.6 is 0 Å². The molecule has 7 nitrogen and oxygen atoms in total. The predicted octanol–water partition coefficient (Wildman–Crippen LogP) is 4.29. The highest BCUT2D eigenvalue weighted by atomic mass is 19.1. The number of hydrogen-bond acceptors (Lipinski definition) is 6. The smallest absolute Gasteiger partial charge is 0.309 e. The second-order valence-electron chi connectivity index (χ2n) is 8.17. The maximum Gasteiger partial charge on any atom is 0.309 e. The highest BCUT2D eigenvalue weighted by Gasteiger charge is 2.31. The predicted molar refractivity (Wildman–Crippen MR) is 122 cm³/mol. The number of halogens is 2. The van der Waals surface area contributed by atoms with E-state index in [1.807, 2.05) is 0 Å². The van der Waals surface area contributed by atoms with Crippen LogP contribution in [0.1, 0.15) is 47.8 Å². The second kappa shape index (κ2) is 10.9. The van der Waals surface area contributed by atoms with Crippen molar-refractivity contribution in [1.82, 2.24) is 0 Å². The average Bonchev–Trinajstić information content (AvgIpc) is 2.79. The Kier molecular flexibility index (Phi) is 8.01. The van der Waals surface area contributed by atoms with Gasteiger partial charge in [0.15, 0.2) is 11.9 Å².